The van der Waals surface area contributed by atoms with Crippen LogP contribution in [0.5, 0.6) is 0 Å². The Morgan fingerprint density at radius 1 is 1.37 bits per heavy atom. The minimum atomic E-state index is -0.561. The monoisotopic (exact) mass is 278 g/mol. The first kappa shape index (κ1) is 13.7. The summed E-state index contributed by atoms with van der Waals surface area (Å²) in [5.41, 5.74) is 7.09. The molecule has 0 aliphatic carbocycles. The van der Waals surface area contributed by atoms with Gasteiger partial charge in [0, 0.05) is 0 Å². The summed E-state index contributed by atoms with van der Waals surface area (Å²) in [7, 11) is 0. The van der Waals surface area contributed by atoms with Crippen LogP contribution in [0.4, 0.5) is 5.82 Å². The number of nitrogens with zero attached hydrogens (tertiary/aromatic N) is 2. The number of amides is 1. The Balaban J connectivity index is 2.25. The molecule has 2 rings (SSSR count). The maximum absolute atomic E-state index is 11.8. The Hall–Kier alpha value is -1.72. The lowest BCUT2D eigenvalue weighted by Gasteiger charge is -2.11. The van der Waals surface area contributed by atoms with Crippen LogP contribution in [0.15, 0.2) is 24.3 Å². The van der Waals surface area contributed by atoms with E-state index < -0.39 is 6.04 Å². The summed E-state index contributed by atoms with van der Waals surface area (Å²) < 4.78 is 0. The predicted molar refractivity (Wildman–Crippen MR) is 76.1 cm³/mol. The molecular formula is C13H15ClN4O. The number of carbonyl (C=O) groups is 1. The van der Waals surface area contributed by atoms with Gasteiger partial charge in [0.15, 0.2) is 11.0 Å². The molecule has 1 atom stereocenters. The Morgan fingerprint density at radius 2 is 2.00 bits per heavy atom. The van der Waals surface area contributed by atoms with E-state index in [-0.39, 0.29) is 16.9 Å². The van der Waals surface area contributed by atoms with Gasteiger partial charge in [-0.1, -0.05) is 37.1 Å². The van der Waals surface area contributed by atoms with Crippen molar-refractivity contribution in [2.24, 2.45) is 5.73 Å². The summed E-state index contributed by atoms with van der Waals surface area (Å²) in [6, 6.07) is 6.75. The fourth-order valence-corrected chi connectivity index (χ4v) is 1.89. The number of nitrogens with one attached hydrogen (secondary N) is 1. The summed E-state index contributed by atoms with van der Waals surface area (Å²) >= 11 is 6.00. The zero-order valence-corrected chi connectivity index (χ0v) is 11.3. The summed E-state index contributed by atoms with van der Waals surface area (Å²) in [6.07, 6.45) is 1.45. The topological polar surface area (TPSA) is 80.9 Å². The summed E-state index contributed by atoms with van der Waals surface area (Å²) in [4.78, 5) is 20.3. The molecule has 2 aromatic rings. The summed E-state index contributed by atoms with van der Waals surface area (Å²) in [5.74, 6) is -0.0507. The number of hydrogen-bond donors (Lipinski definition) is 2. The standard InChI is InChI=1S/C13H15ClN4O/c1-2-5-8(15)13(19)18-12-11(14)16-9-6-3-4-7-10(9)17-12/h3-4,6-8H,2,5,15H2,1H3,(H,17,18,19)/t8-/m0/s1. The second kappa shape index (κ2) is 5.95. The van der Waals surface area contributed by atoms with Crippen molar-refractivity contribution < 1.29 is 4.79 Å². The quantitative estimate of drug-likeness (QED) is 0.899. The molecule has 0 saturated heterocycles. The zero-order chi connectivity index (χ0) is 13.8. The lowest BCUT2D eigenvalue weighted by molar-refractivity contribution is -0.117. The maximum atomic E-state index is 11.8. The molecule has 0 aliphatic rings. The van der Waals surface area contributed by atoms with Gasteiger partial charge >= 0.3 is 0 Å². The molecule has 0 unspecified atom stereocenters. The van der Waals surface area contributed by atoms with Gasteiger partial charge in [0.2, 0.25) is 5.91 Å². The normalized spacial score (nSPS) is 12.4. The summed E-state index contributed by atoms with van der Waals surface area (Å²) in [6.45, 7) is 1.97. The van der Waals surface area contributed by atoms with Crippen LogP contribution in [0.25, 0.3) is 11.0 Å². The Morgan fingerprint density at radius 3 is 2.63 bits per heavy atom. The van der Waals surface area contributed by atoms with Gasteiger partial charge in [0.05, 0.1) is 17.1 Å². The van der Waals surface area contributed by atoms with E-state index in [1.165, 1.54) is 0 Å². The molecule has 1 aromatic heterocycles. The van der Waals surface area contributed by atoms with E-state index in [4.69, 9.17) is 17.3 Å². The van der Waals surface area contributed by atoms with Gasteiger partial charge < -0.3 is 11.1 Å². The highest BCUT2D eigenvalue weighted by Crippen LogP contribution is 2.21. The number of anilines is 1. The summed E-state index contributed by atoms with van der Waals surface area (Å²) in [5, 5.41) is 2.78. The average molecular weight is 279 g/mol. The van der Waals surface area contributed by atoms with Crippen LogP contribution in [0, 0.1) is 0 Å². The number of aromatic nitrogens is 2. The van der Waals surface area contributed by atoms with Crippen molar-refractivity contribution >= 4 is 34.4 Å². The SMILES string of the molecule is CCC[C@H](N)C(=O)Nc1nc2ccccc2nc1Cl. The Labute approximate surface area is 116 Å². The van der Waals surface area contributed by atoms with E-state index in [1.807, 2.05) is 25.1 Å². The van der Waals surface area contributed by atoms with Gasteiger partial charge in [-0.2, -0.15) is 0 Å². The van der Waals surface area contributed by atoms with Crippen molar-refractivity contribution in [2.75, 3.05) is 5.32 Å². The van der Waals surface area contributed by atoms with Crippen molar-refractivity contribution in [3.8, 4) is 0 Å². The second-order valence-corrected chi connectivity index (χ2v) is 4.59. The Bertz CT molecular complexity index is 602. The number of hydrogen-bond acceptors (Lipinski definition) is 4. The van der Waals surface area contributed by atoms with Gasteiger partial charge in [-0.3, -0.25) is 4.79 Å². The molecule has 0 bridgehead atoms. The third-order valence-corrected chi connectivity index (χ3v) is 2.97. The van der Waals surface area contributed by atoms with Crippen LogP contribution in [0.3, 0.4) is 0 Å². The molecule has 1 amide bonds. The van der Waals surface area contributed by atoms with Crippen molar-refractivity contribution in [1.82, 2.24) is 9.97 Å². The average Bonchev–Trinajstić information content (AvgIpc) is 2.39. The predicted octanol–water partition coefficient (Wildman–Crippen LogP) is 2.35. The molecule has 0 aliphatic heterocycles. The van der Waals surface area contributed by atoms with Crippen LogP contribution >= 0.6 is 11.6 Å². The molecule has 100 valence electrons. The molecule has 1 heterocycles. The van der Waals surface area contributed by atoms with Gasteiger partial charge in [-0.05, 0) is 18.6 Å². The van der Waals surface area contributed by atoms with Crippen molar-refractivity contribution in [3.63, 3.8) is 0 Å². The van der Waals surface area contributed by atoms with Crippen LogP contribution in [-0.2, 0) is 4.79 Å². The molecule has 0 saturated carbocycles. The van der Waals surface area contributed by atoms with Crippen LogP contribution in [-0.4, -0.2) is 21.9 Å². The van der Waals surface area contributed by atoms with E-state index in [2.05, 4.69) is 15.3 Å². The minimum Gasteiger partial charge on any atom is -0.320 e. The number of benzene rings is 1. The minimum absolute atomic E-state index is 0.163. The third kappa shape index (κ3) is 3.19. The van der Waals surface area contributed by atoms with Crippen LogP contribution in [0.1, 0.15) is 19.8 Å². The lowest BCUT2D eigenvalue weighted by atomic mass is 10.2. The van der Waals surface area contributed by atoms with E-state index in [9.17, 15) is 4.79 Å². The number of fused-ring (bicyclic) bond motifs is 1. The third-order valence-electron chi connectivity index (χ3n) is 2.71. The molecule has 0 fully saturated rings. The number of rotatable bonds is 4. The van der Waals surface area contributed by atoms with Crippen molar-refractivity contribution in [1.29, 1.82) is 0 Å². The largest absolute Gasteiger partial charge is 0.320 e. The molecule has 0 radical (unpaired) electrons. The molecule has 19 heavy (non-hydrogen) atoms. The highest BCUT2D eigenvalue weighted by atomic mass is 35.5. The van der Waals surface area contributed by atoms with Crippen molar-refractivity contribution in [3.05, 3.63) is 29.4 Å². The molecule has 3 N–H and O–H groups in total. The molecule has 1 aromatic carbocycles. The molecule has 6 heteroatoms. The van der Waals surface area contributed by atoms with E-state index >= 15 is 0 Å². The molecule has 5 nitrogen and oxygen atoms in total. The Kier molecular flexibility index (Phi) is 4.29. The highest BCUT2D eigenvalue weighted by Gasteiger charge is 2.15. The fourth-order valence-electron chi connectivity index (χ4n) is 1.71. The van der Waals surface area contributed by atoms with Crippen LogP contribution in [0.2, 0.25) is 5.15 Å². The number of nitrogens with two attached hydrogens (primary N) is 1. The first-order valence-corrected chi connectivity index (χ1v) is 6.48. The van der Waals surface area contributed by atoms with E-state index in [1.54, 1.807) is 6.07 Å². The second-order valence-electron chi connectivity index (χ2n) is 4.24. The fraction of sp³-hybridized carbons (Fsp3) is 0.308. The molecule has 0 spiro atoms. The van der Waals surface area contributed by atoms with Gasteiger partial charge in [-0.15, -0.1) is 0 Å². The highest BCUT2D eigenvalue weighted by molar-refractivity contribution is 6.32. The molecular weight excluding hydrogens is 264 g/mol. The van der Waals surface area contributed by atoms with Crippen molar-refractivity contribution in [2.45, 2.75) is 25.8 Å². The number of halogens is 1. The maximum Gasteiger partial charge on any atom is 0.242 e. The zero-order valence-electron chi connectivity index (χ0n) is 10.6. The van der Waals surface area contributed by atoms with Gasteiger partial charge in [0.25, 0.3) is 0 Å². The van der Waals surface area contributed by atoms with Gasteiger partial charge in [0.1, 0.15) is 0 Å². The number of carbonyl (C=O) groups excluding carboxylic acids is 1. The number of para-hydroxylation sites is 2. The van der Waals surface area contributed by atoms with E-state index in [0.29, 0.717) is 17.5 Å². The van der Waals surface area contributed by atoms with Crippen LogP contribution < -0.4 is 11.1 Å². The smallest absolute Gasteiger partial charge is 0.242 e. The van der Waals surface area contributed by atoms with E-state index in [0.717, 1.165) is 6.42 Å². The lowest BCUT2D eigenvalue weighted by Crippen LogP contribution is -2.35. The van der Waals surface area contributed by atoms with Gasteiger partial charge in [-0.25, -0.2) is 9.97 Å². The first-order chi connectivity index (χ1) is 9.11. The first-order valence-electron chi connectivity index (χ1n) is 6.10.